The minimum absolute atomic E-state index is 0.122. The van der Waals surface area contributed by atoms with Gasteiger partial charge in [-0.05, 0) is 30.3 Å². The Morgan fingerprint density at radius 3 is 2.69 bits per heavy atom. The van der Waals surface area contributed by atoms with Crippen LogP contribution in [0, 0.1) is 0 Å². The summed E-state index contributed by atoms with van der Waals surface area (Å²) in [5.74, 6) is 4.05. The summed E-state index contributed by atoms with van der Waals surface area (Å²) < 4.78 is 21.0. The molecule has 0 N–H and O–H groups in total. The predicted octanol–water partition coefficient (Wildman–Crippen LogP) is 4.25. The molecule has 5 aromatic rings. The van der Waals surface area contributed by atoms with E-state index in [9.17, 15) is 0 Å². The number of methoxy groups -OCH3 is 1. The lowest BCUT2D eigenvalue weighted by Crippen LogP contribution is -2.10. The van der Waals surface area contributed by atoms with E-state index in [2.05, 4.69) is 25.3 Å². The molecule has 10 heteroatoms. The van der Waals surface area contributed by atoms with Crippen molar-refractivity contribution in [3.05, 3.63) is 72.3 Å². The van der Waals surface area contributed by atoms with Crippen LogP contribution in [-0.2, 0) is 13.2 Å². The van der Waals surface area contributed by atoms with Crippen molar-refractivity contribution in [2.75, 3.05) is 7.11 Å². The third-order valence-corrected chi connectivity index (χ3v) is 5.96. The van der Waals surface area contributed by atoms with Crippen LogP contribution in [0.5, 0.6) is 11.5 Å². The number of aromatic nitrogens is 7. The summed E-state index contributed by atoms with van der Waals surface area (Å²) in [6.07, 6.45) is 1.78. The summed E-state index contributed by atoms with van der Waals surface area (Å²) in [7, 11) is 1.64. The van der Waals surface area contributed by atoms with Gasteiger partial charge in [0.2, 0.25) is 11.7 Å². The van der Waals surface area contributed by atoms with E-state index in [1.807, 2.05) is 71.5 Å². The summed E-state index contributed by atoms with van der Waals surface area (Å²) in [4.78, 5) is 9.24. The zero-order valence-corrected chi connectivity index (χ0v) is 19.5. The van der Waals surface area contributed by atoms with Crippen LogP contribution in [0.25, 0.3) is 28.6 Å². The molecule has 0 aliphatic carbocycles. The maximum Gasteiger partial charge on any atom is 0.229 e. The van der Waals surface area contributed by atoms with E-state index in [0.29, 0.717) is 29.8 Å². The van der Waals surface area contributed by atoms with Gasteiger partial charge in [0.1, 0.15) is 30.1 Å². The molecule has 0 saturated heterocycles. The van der Waals surface area contributed by atoms with Gasteiger partial charge in [-0.25, -0.2) is 4.98 Å². The molecule has 3 aromatic heterocycles. The van der Waals surface area contributed by atoms with Crippen LogP contribution in [0.4, 0.5) is 0 Å². The molecule has 0 unspecified atom stereocenters. The number of hydrogen-bond donors (Lipinski definition) is 0. The van der Waals surface area contributed by atoms with Gasteiger partial charge in [0.25, 0.3) is 0 Å². The van der Waals surface area contributed by atoms with Gasteiger partial charge in [-0.1, -0.05) is 37.2 Å². The summed E-state index contributed by atoms with van der Waals surface area (Å²) in [5, 5.41) is 13.2. The third-order valence-electron chi connectivity index (χ3n) is 5.96. The predicted molar refractivity (Wildman–Crippen MR) is 126 cm³/mol. The first-order chi connectivity index (χ1) is 17.1. The highest BCUT2D eigenvalue weighted by atomic mass is 16.5. The van der Waals surface area contributed by atoms with Crippen LogP contribution in [0.3, 0.4) is 0 Å². The fraction of sp³-hybridized carbons (Fsp3) is 0.240. The lowest BCUT2D eigenvalue weighted by atomic mass is 10.1. The molecule has 0 radical (unpaired) electrons. The zero-order chi connectivity index (χ0) is 23.9. The van der Waals surface area contributed by atoms with Crippen molar-refractivity contribution >= 4 is 0 Å². The van der Waals surface area contributed by atoms with E-state index < -0.39 is 0 Å². The first-order valence-corrected chi connectivity index (χ1v) is 11.3. The van der Waals surface area contributed by atoms with Gasteiger partial charge in [0.05, 0.1) is 25.0 Å². The molecular weight excluding hydrogens is 446 g/mol. The highest BCUT2D eigenvalue weighted by Gasteiger charge is 2.28. The van der Waals surface area contributed by atoms with Crippen LogP contribution >= 0.6 is 0 Å². The number of rotatable bonds is 6. The minimum atomic E-state index is 0.122. The molecule has 1 aliphatic heterocycles. The van der Waals surface area contributed by atoms with Crippen molar-refractivity contribution in [3.63, 3.8) is 0 Å². The maximum absolute atomic E-state index is 5.99. The number of imidazole rings is 1. The molecule has 10 nitrogen and oxygen atoms in total. The number of fused-ring (bicyclic) bond motifs is 5. The van der Waals surface area contributed by atoms with Gasteiger partial charge in [0, 0.05) is 11.5 Å². The molecule has 176 valence electrons. The third kappa shape index (κ3) is 3.63. The lowest BCUT2D eigenvalue weighted by Gasteiger charge is -2.10. The second-order valence-electron chi connectivity index (χ2n) is 8.53. The standard InChI is InChI=1S/C25H23N7O3/c1-15(2)25-27-23(30-35-25)22-20-12-31-21(13-34-16-7-5-4-6-8-16)28-29-24(31)18-11-17(33-3)9-10-19(18)32(20)14-26-22/h4-11,14-15H,12-13H2,1-3H3. The SMILES string of the molecule is COc1ccc2c(c1)-c1nnc(COc3ccccc3)n1Cc1c(-c3noc(C(C)C)n3)ncn1-2. The first kappa shape index (κ1) is 21.1. The minimum Gasteiger partial charge on any atom is -0.497 e. The number of nitrogens with zero attached hydrogens (tertiary/aromatic N) is 7. The first-order valence-electron chi connectivity index (χ1n) is 11.3. The highest BCUT2D eigenvalue weighted by Crippen LogP contribution is 2.36. The van der Waals surface area contributed by atoms with E-state index in [-0.39, 0.29) is 12.5 Å². The number of hydrogen-bond acceptors (Lipinski definition) is 8. The quantitative estimate of drug-likeness (QED) is 0.356. The largest absolute Gasteiger partial charge is 0.497 e. The molecule has 0 fully saturated rings. The fourth-order valence-electron chi connectivity index (χ4n) is 4.14. The van der Waals surface area contributed by atoms with Crippen LogP contribution in [0.2, 0.25) is 0 Å². The van der Waals surface area contributed by atoms with Gasteiger partial charge < -0.3 is 18.6 Å². The summed E-state index contributed by atoms with van der Waals surface area (Å²) >= 11 is 0. The molecule has 4 heterocycles. The van der Waals surface area contributed by atoms with Gasteiger partial charge in [-0.3, -0.25) is 4.57 Å². The van der Waals surface area contributed by atoms with Gasteiger partial charge in [-0.15, -0.1) is 10.2 Å². The van der Waals surface area contributed by atoms with E-state index in [4.69, 9.17) is 14.0 Å². The van der Waals surface area contributed by atoms with Crippen LogP contribution in [-0.4, -0.2) is 41.6 Å². The van der Waals surface area contributed by atoms with E-state index >= 15 is 0 Å². The molecule has 0 amide bonds. The van der Waals surface area contributed by atoms with Crippen molar-refractivity contribution in [2.45, 2.75) is 32.9 Å². The Morgan fingerprint density at radius 1 is 1.06 bits per heavy atom. The van der Waals surface area contributed by atoms with Gasteiger partial charge in [-0.2, -0.15) is 4.98 Å². The normalized spacial score (nSPS) is 12.1. The summed E-state index contributed by atoms with van der Waals surface area (Å²) in [6, 6.07) is 15.5. The van der Waals surface area contributed by atoms with Crippen molar-refractivity contribution < 1.29 is 14.0 Å². The van der Waals surface area contributed by atoms with Crippen molar-refractivity contribution in [1.29, 1.82) is 0 Å². The number of ether oxygens (including phenoxy) is 2. The zero-order valence-electron chi connectivity index (χ0n) is 19.5. The molecule has 6 rings (SSSR count). The molecule has 0 saturated carbocycles. The van der Waals surface area contributed by atoms with Gasteiger partial charge >= 0.3 is 0 Å². The Bertz CT molecular complexity index is 1500. The molecule has 1 aliphatic rings. The van der Waals surface area contributed by atoms with Gasteiger partial charge in [0.15, 0.2) is 11.6 Å². The van der Waals surface area contributed by atoms with E-state index in [0.717, 1.165) is 34.3 Å². The van der Waals surface area contributed by atoms with E-state index in [1.54, 1.807) is 13.4 Å². The average Bonchev–Trinajstić information content (AvgIpc) is 3.61. The topological polar surface area (TPSA) is 106 Å². The molecule has 0 spiro atoms. The van der Waals surface area contributed by atoms with Crippen molar-refractivity contribution in [2.24, 2.45) is 0 Å². The second kappa shape index (κ2) is 8.39. The van der Waals surface area contributed by atoms with Crippen molar-refractivity contribution in [3.8, 4) is 40.1 Å². The second-order valence-corrected chi connectivity index (χ2v) is 8.53. The average molecular weight is 470 g/mol. The molecular formula is C25H23N7O3. The number of para-hydroxylation sites is 1. The maximum atomic E-state index is 5.99. The number of benzene rings is 2. The Balaban J connectivity index is 1.48. The fourth-order valence-corrected chi connectivity index (χ4v) is 4.14. The molecule has 0 atom stereocenters. The Morgan fingerprint density at radius 2 is 1.91 bits per heavy atom. The van der Waals surface area contributed by atoms with Crippen LogP contribution in [0.15, 0.2) is 59.4 Å². The molecule has 2 aromatic carbocycles. The summed E-state index contributed by atoms with van der Waals surface area (Å²) in [6.45, 7) is 4.74. The highest BCUT2D eigenvalue weighted by molar-refractivity contribution is 5.72. The van der Waals surface area contributed by atoms with Crippen molar-refractivity contribution in [1.82, 2.24) is 34.5 Å². The molecule has 0 bridgehead atoms. The smallest absolute Gasteiger partial charge is 0.229 e. The Labute approximate surface area is 201 Å². The molecule has 35 heavy (non-hydrogen) atoms. The van der Waals surface area contributed by atoms with Crippen LogP contribution < -0.4 is 9.47 Å². The summed E-state index contributed by atoms with van der Waals surface area (Å²) in [5.41, 5.74) is 3.33. The Hall–Kier alpha value is -4.47. The lowest BCUT2D eigenvalue weighted by molar-refractivity contribution is 0.290. The van der Waals surface area contributed by atoms with Crippen LogP contribution in [0.1, 0.15) is 37.2 Å². The Kier molecular flexibility index (Phi) is 5.05. The monoisotopic (exact) mass is 469 g/mol. The van der Waals surface area contributed by atoms with E-state index in [1.165, 1.54) is 0 Å².